The molecule has 1 fully saturated rings. The second-order valence-electron chi connectivity index (χ2n) is 5.30. The van der Waals surface area contributed by atoms with Gasteiger partial charge in [-0.25, -0.2) is 0 Å². The molecule has 18 heavy (non-hydrogen) atoms. The summed E-state index contributed by atoms with van der Waals surface area (Å²) in [7, 11) is 0. The molecule has 3 heteroatoms. The van der Waals surface area contributed by atoms with Crippen LogP contribution in [-0.4, -0.2) is 29.9 Å². The first kappa shape index (κ1) is 13.4. The number of aryl methyl sites for hydroxylation is 1. The Morgan fingerprint density at radius 3 is 2.67 bits per heavy atom. The van der Waals surface area contributed by atoms with E-state index in [0.29, 0.717) is 6.61 Å². The molecule has 0 aliphatic heterocycles. The second-order valence-corrected chi connectivity index (χ2v) is 5.30. The molecule has 0 radical (unpaired) electrons. The lowest BCUT2D eigenvalue weighted by Crippen LogP contribution is -2.43. The highest BCUT2D eigenvalue weighted by molar-refractivity contribution is 5.26. The van der Waals surface area contributed by atoms with Crippen molar-refractivity contribution in [3.8, 4) is 5.75 Å². The molecular formula is C15H23NO2. The minimum atomic E-state index is -0.188. The summed E-state index contributed by atoms with van der Waals surface area (Å²) < 4.78 is 5.72. The quantitative estimate of drug-likeness (QED) is 0.841. The molecule has 1 aliphatic rings. The van der Waals surface area contributed by atoms with Gasteiger partial charge in [-0.3, -0.25) is 0 Å². The molecule has 1 aromatic carbocycles. The monoisotopic (exact) mass is 249 g/mol. The van der Waals surface area contributed by atoms with E-state index in [1.54, 1.807) is 0 Å². The topological polar surface area (TPSA) is 41.5 Å². The molecule has 1 aromatic rings. The van der Waals surface area contributed by atoms with E-state index in [0.717, 1.165) is 25.0 Å². The Morgan fingerprint density at radius 2 is 2.06 bits per heavy atom. The van der Waals surface area contributed by atoms with Gasteiger partial charge in [-0.1, -0.05) is 17.7 Å². The van der Waals surface area contributed by atoms with Crippen molar-refractivity contribution in [2.45, 2.75) is 51.3 Å². The first-order chi connectivity index (χ1) is 8.65. The summed E-state index contributed by atoms with van der Waals surface area (Å²) in [6.07, 6.45) is 2.91. The van der Waals surface area contributed by atoms with Crippen molar-refractivity contribution in [3.05, 3.63) is 29.8 Å². The summed E-state index contributed by atoms with van der Waals surface area (Å²) in [5.41, 5.74) is 1.24. The third kappa shape index (κ3) is 3.72. The molecule has 0 saturated heterocycles. The highest BCUT2D eigenvalue weighted by atomic mass is 16.5. The zero-order valence-electron chi connectivity index (χ0n) is 11.2. The van der Waals surface area contributed by atoms with Crippen molar-refractivity contribution < 1.29 is 9.84 Å². The Kier molecular flexibility index (Phi) is 4.61. The van der Waals surface area contributed by atoms with Crippen LogP contribution in [0.15, 0.2) is 24.3 Å². The summed E-state index contributed by atoms with van der Waals surface area (Å²) in [5.74, 6) is 0.904. The summed E-state index contributed by atoms with van der Waals surface area (Å²) in [6, 6.07) is 8.58. The van der Waals surface area contributed by atoms with Crippen LogP contribution in [0.25, 0.3) is 0 Å². The summed E-state index contributed by atoms with van der Waals surface area (Å²) in [4.78, 5) is 0. The first-order valence-corrected chi connectivity index (χ1v) is 6.79. The zero-order chi connectivity index (χ0) is 13.0. The minimum Gasteiger partial charge on any atom is -0.492 e. The number of hydrogen-bond donors (Lipinski definition) is 2. The van der Waals surface area contributed by atoms with E-state index in [4.69, 9.17) is 4.74 Å². The fraction of sp³-hybridized carbons (Fsp3) is 0.600. The van der Waals surface area contributed by atoms with Gasteiger partial charge < -0.3 is 15.2 Å². The molecule has 0 bridgehead atoms. The smallest absolute Gasteiger partial charge is 0.119 e. The number of aliphatic hydroxyl groups is 1. The lowest BCUT2D eigenvalue weighted by Gasteiger charge is -2.22. The number of rotatable bonds is 5. The van der Waals surface area contributed by atoms with Gasteiger partial charge in [0, 0.05) is 12.1 Å². The number of aliphatic hydroxyl groups excluding tert-OH is 1. The molecule has 0 heterocycles. The fourth-order valence-electron chi connectivity index (χ4n) is 2.40. The molecular weight excluding hydrogens is 226 g/mol. The summed E-state index contributed by atoms with van der Waals surface area (Å²) >= 11 is 0. The number of benzene rings is 1. The Labute approximate surface area is 109 Å². The van der Waals surface area contributed by atoms with Gasteiger partial charge in [-0.2, -0.15) is 0 Å². The Morgan fingerprint density at radius 1 is 1.33 bits per heavy atom. The van der Waals surface area contributed by atoms with E-state index in [1.807, 2.05) is 24.3 Å². The van der Waals surface area contributed by atoms with Crippen LogP contribution in [0.3, 0.4) is 0 Å². The van der Waals surface area contributed by atoms with Crippen LogP contribution in [0.5, 0.6) is 5.75 Å². The van der Waals surface area contributed by atoms with Gasteiger partial charge in [-0.05, 0) is 45.2 Å². The van der Waals surface area contributed by atoms with Crippen LogP contribution >= 0.6 is 0 Å². The van der Waals surface area contributed by atoms with Crippen molar-refractivity contribution in [2.75, 3.05) is 6.61 Å². The molecule has 0 spiro atoms. The molecule has 2 N–H and O–H groups in total. The summed E-state index contributed by atoms with van der Waals surface area (Å²) in [6.45, 7) is 4.79. The van der Waals surface area contributed by atoms with Crippen LogP contribution < -0.4 is 10.1 Å². The maximum absolute atomic E-state index is 9.75. The average molecular weight is 249 g/mol. The van der Waals surface area contributed by atoms with Gasteiger partial charge in [0.25, 0.3) is 0 Å². The Hall–Kier alpha value is -1.06. The predicted octanol–water partition coefficient (Wildman–Crippen LogP) is 2.27. The third-order valence-electron chi connectivity index (χ3n) is 3.50. The SMILES string of the molecule is Cc1ccc(OCC(C)N[C@H]2CCC[C@@H]2O)cc1. The van der Waals surface area contributed by atoms with Gasteiger partial charge in [-0.15, -0.1) is 0 Å². The minimum absolute atomic E-state index is 0.188. The molecule has 3 atom stereocenters. The maximum atomic E-state index is 9.75. The van der Waals surface area contributed by atoms with Crippen molar-refractivity contribution in [3.63, 3.8) is 0 Å². The largest absolute Gasteiger partial charge is 0.492 e. The van der Waals surface area contributed by atoms with Gasteiger partial charge in [0.05, 0.1) is 6.10 Å². The van der Waals surface area contributed by atoms with Crippen molar-refractivity contribution in [1.82, 2.24) is 5.32 Å². The van der Waals surface area contributed by atoms with Crippen LogP contribution in [-0.2, 0) is 0 Å². The number of nitrogens with one attached hydrogen (secondary N) is 1. The van der Waals surface area contributed by atoms with Gasteiger partial charge in [0.1, 0.15) is 12.4 Å². The molecule has 3 nitrogen and oxygen atoms in total. The number of ether oxygens (including phenoxy) is 1. The van der Waals surface area contributed by atoms with E-state index in [2.05, 4.69) is 19.2 Å². The molecule has 1 aliphatic carbocycles. The third-order valence-corrected chi connectivity index (χ3v) is 3.50. The van der Waals surface area contributed by atoms with Crippen LogP contribution in [0, 0.1) is 6.92 Å². The van der Waals surface area contributed by atoms with E-state index in [9.17, 15) is 5.11 Å². The molecule has 0 aromatic heterocycles. The lowest BCUT2D eigenvalue weighted by molar-refractivity contribution is 0.137. The molecule has 2 rings (SSSR count). The van der Waals surface area contributed by atoms with E-state index in [-0.39, 0.29) is 18.2 Å². The van der Waals surface area contributed by atoms with Gasteiger partial charge >= 0.3 is 0 Å². The highest BCUT2D eigenvalue weighted by Crippen LogP contribution is 2.19. The van der Waals surface area contributed by atoms with E-state index < -0.39 is 0 Å². The van der Waals surface area contributed by atoms with Crippen molar-refractivity contribution in [1.29, 1.82) is 0 Å². The number of hydrogen-bond acceptors (Lipinski definition) is 3. The van der Waals surface area contributed by atoms with Crippen LogP contribution in [0.2, 0.25) is 0 Å². The second kappa shape index (κ2) is 6.21. The van der Waals surface area contributed by atoms with Crippen molar-refractivity contribution in [2.24, 2.45) is 0 Å². The normalized spacial score (nSPS) is 25.1. The predicted molar refractivity (Wildman–Crippen MR) is 72.9 cm³/mol. The Balaban J connectivity index is 1.74. The maximum Gasteiger partial charge on any atom is 0.119 e. The average Bonchev–Trinajstić information content (AvgIpc) is 2.74. The van der Waals surface area contributed by atoms with Crippen LogP contribution in [0.4, 0.5) is 0 Å². The van der Waals surface area contributed by atoms with Crippen LogP contribution in [0.1, 0.15) is 31.7 Å². The molecule has 1 saturated carbocycles. The Bertz CT molecular complexity index is 363. The first-order valence-electron chi connectivity index (χ1n) is 6.79. The van der Waals surface area contributed by atoms with Crippen molar-refractivity contribution >= 4 is 0 Å². The molecule has 0 amide bonds. The highest BCUT2D eigenvalue weighted by Gasteiger charge is 2.26. The standard InChI is InChI=1S/C15H23NO2/c1-11-6-8-13(9-7-11)18-10-12(2)16-14-4-3-5-15(14)17/h6-9,12,14-17H,3-5,10H2,1-2H3/t12?,14-,15-/m0/s1. The summed E-state index contributed by atoms with van der Waals surface area (Å²) in [5, 5.41) is 13.2. The molecule has 100 valence electrons. The van der Waals surface area contributed by atoms with E-state index in [1.165, 1.54) is 5.56 Å². The zero-order valence-corrected chi connectivity index (χ0v) is 11.2. The lowest BCUT2D eigenvalue weighted by atomic mass is 10.2. The van der Waals surface area contributed by atoms with E-state index >= 15 is 0 Å². The fourth-order valence-corrected chi connectivity index (χ4v) is 2.40. The van der Waals surface area contributed by atoms with Gasteiger partial charge in [0.2, 0.25) is 0 Å². The van der Waals surface area contributed by atoms with Gasteiger partial charge in [0.15, 0.2) is 0 Å². The molecule has 1 unspecified atom stereocenters.